The maximum Gasteiger partial charge on any atom is 0.390 e. The molecule has 1 rings (SSSR count). The molecule has 1 aliphatic carbocycles. The lowest BCUT2D eigenvalue weighted by molar-refractivity contribution is -0.139. The van der Waals surface area contributed by atoms with Crippen molar-refractivity contribution in [1.29, 1.82) is 0 Å². The Balaban J connectivity index is 2.31. The van der Waals surface area contributed by atoms with Crippen molar-refractivity contribution in [3.05, 3.63) is 0 Å². The van der Waals surface area contributed by atoms with E-state index in [-0.39, 0.29) is 6.04 Å². The van der Waals surface area contributed by atoms with Gasteiger partial charge in [-0.15, -0.1) is 0 Å². The predicted molar refractivity (Wildman–Crippen MR) is 63.9 cm³/mol. The second-order valence-corrected chi connectivity index (χ2v) is 5.37. The highest BCUT2D eigenvalue weighted by Gasteiger charge is 2.31. The van der Waals surface area contributed by atoms with Crippen LogP contribution in [0.1, 0.15) is 58.8 Å². The van der Waals surface area contributed by atoms with Gasteiger partial charge < -0.3 is 5.32 Å². The standard InChI is InChI=1S/C13H24F3N/c1-3-11-5-4-6-12(8-7-11)17-10(2)9-13(14,15)16/h10-12,17H,3-9H2,1-2H3. The van der Waals surface area contributed by atoms with Crippen molar-refractivity contribution in [1.82, 2.24) is 5.32 Å². The molecule has 102 valence electrons. The first-order valence-electron chi connectivity index (χ1n) is 6.73. The lowest BCUT2D eigenvalue weighted by atomic mass is 9.97. The predicted octanol–water partition coefficient (Wildman–Crippen LogP) is 4.28. The average Bonchev–Trinajstić information content (AvgIpc) is 2.40. The molecular formula is C13H24F3N. The van der Waals surface area contributed by atoms with Crippen LogP contribution in [-0.4, -0.2) is 18.3 Å². The van der Waals surface area contributed by atoms with Gasteiger partial charge in [0.05, 0.1) is 6.42 Å². The van der Waals surface area contributed by atoms with E-state index in [2.05, 4.69) is 12.2 Å². The van der Waals surface area contributed by atoms with Gasteiger partial charge >= 0.3 is 6.18 Å². The lowest BCUT2D eigenvalue weighted by Crippen LogP contribution is -2.38. The van der Waals surface area contributed by atoms with Gasteiger partial charge in [-0.25, -0.2) is 0 Å². The first kappa shape index (κ1) is 14.8. The SMILES string of the molecule is CCC1CCCC(NC(C)CC(F)(F)F)CC1. The number of alkyl halides is 3. The normalized spacial score (nSPS) is 28.8. The summed E-state index contributed by atoms with van der Waals surface area (Å²) in [6.45, 7) is 3.83. The Bertz CT molecular complexity index is 215. The summed E-state index contributed by atoms with van der Waals surface area (Å²) in [5.74, 6) is 0.778. The largest absolute Gasteiger partial charge is 0.390 e. The summed E-state index contributed by atoms with van der Waals surface area (Å²) in [5.41, 5.74) is 0. The molecular weight excluding hydrogens is 227 g/mol. The summed E-state index contributed by atoms with van der Waals surface area (Å²) in [5, 5.41) is 3.14. The lowest BCUT2D eigenvalue weighted by Gasteiger charge is -2.23. The molecule has 0 spiro atoms. The van der Waals surface area contributed by atoms with Gasteiger partial charge in [-0.2, -0.15) is 13.2 Å². The molecule has 4 heteroatoms. The Hall–Kier alpha value is -0.250. The third-order valence-corrected chi connectivity index (χ3v) is 3.72. The van der Waals surface area contributed by atoms with E-state index in [9.17, 15) is 13.2 Å². The molecule has 3 unspecified atom stereocenters. The number of halogens is 3. The van der Waals surface area contributed by atoms with Gasteiger partial charge in [0, 0.05) is 12.1 Å². The van der Waals surface area contributed by atoms with E-state index in [4.69, 9.17) is 0 Å². The molecule has 0 aromatic heterocycles. The first-order valence-corrected chi connectivity index (χ1v) is 6.73. The quantitative estimate of drug-likeness (QED) is 0.735. The van der Waals surface area contributed by atoms with Crippen molar-refractivity contribution >= 4 is 0 Å². The van der Waals surface area contributed by atoms with Gasteiger partial charge in [0.15, 0.2) is 0 Å². The van der Waals surface area contributed by atoms with Crippen molar-refractivity contribution in [2.24, 2.45) is 5.92 Å². The summed E-state index contributed by atoms with van der Waals surface area (Å²) in [7, 11) is 0. The van der Waals surface area contributed by atoms with Crippen molar-refractivity contribution in [3.63, 3.8) is 0 Å². The zero-order chi connectivity index (χ0) is 12.9. The van der Waals surface area contributed by atoms with E-state index in [1.165, 1.54) is 12.8 Å². The Labute approximate surface area is 102 Å². The topological polar surface area (TPSA) is 12.0 Å². The minimum absolute atomic E-state index is 0.281. The molecule has 0 aromatic carbocycles. The van der Waals surface area contributed by atoms with Crippen LogP contribution in [0.25, 0.3) is 0 Å². The van der Waals surface area contributed by atoms with E-state index < -0.39 is 18.6 Å². The van der Waals surface area contributed by atoms with Gasteiger partial charge in [-0.1, -0.05) is 26.2 Å². The smallest absolute Gasteiger partial charge is 0.311 e. The van der Waals surface area contributed by atoms with Crippen LogP contribution in [0.2, 0.25) is 0 Å². The Morgan fingerprint density at radius 2 is 1.88 bits per heavy atom. The van der Waals surface area contributed by atoms with Gasteiger partial charge in [0.2, 0.25) is 0 Å². The van der Waals surface area contributed by atoms with Crippen LogP contribution in [0.15, 0.2) is 0 Å². The summed E-state index contributed by atoms with van der Waals surface area (Å²) in [6.07, 6.45) is 2.03. The molecule has 0 aromatic rings. The number of rotatable bonds is 4. The molecule has 1 N–H and O–H groups in total. The Kier molecular flexibility index (Phi) is 5.77. The van der Waals surface area contributed by atoms with Crippen molar-refractivity contribution < 1.29 is 13.2 Å². The highest BCUT2D eigenvalue weighted by atomic mass is 19.4. The molecule has 0 amide bonds. The van der Waals surface area contributed by atoms with Crippen LogP contribution in [-0.2, 0) is 0 Å². The fourth-order valence-corrected chi connectivity index (χ4v) is 2.76. The fourth-order valence-electron chi connectivity index (χ4n) is 2.76. The van der Waals surface area contributed by atoms with Crippen molar-refractivity contribution in [3.8, 4) is 0 Å². The molecule has 0 heterocycles. The van der Waals surface area contributed by atoms with Gasteiger partial charge in [0.1, 0.15) is 0 Å². The average molecular weight is 251 g/mol. The van der Waals surface area contributed by atoms with Crippen LogP contribution in [0.4, 0.5) is 13.2 Å². The number of nitrogens with one attached hydrogen (secondary N) is 1. The molecule has 1 fully saturated rings. The van der Waals surface area contributed by atoms with E-state index in [1.807, 2.05) is 0 Å². The number of hydrogen-bond acceptors (Lipinski definition) is 1. The highest BCUT2D eigenvalue weighted by molar-refractivity contribution is 4.78. The number of hydrogen-bond donors (Lipinski definition) is 1. The van der Waals surface area contributed by atoms with E-state index in [0.717, 1.165) is 31.6 Å². The van der Waals surface area contributed by atoms with E-state index in [1.54, 1.807) is 6.92 Å². The van der Waals surface area contributed by atoms with Crippen molar-refractivity contribution in [2.45, 2.75) is 77.1 Å². The Morgan fingerprint density at radius 1 is 1.18 bits per heavy atom. The molecule has 1 aliphatic rings. The second kappa shape index (κ2) is 6.62. The van der Waals surface area contributed by atoms with Gasteiger partial charge in [-0.3, -0.25) is 0 Å². The summed E-state index contributed by atoms with van der Waals surface area (Å²) in [4.78, 5) is 0. The minimum Gasteiger partial charge on any atom is -0.311 e. The molecule has 0 aliphatic heterocycles. The molecule has 1 saturated carbocycles. The maximum absolute atomic E-state index is 12.2. The minimum atomic E-state index is -4.05. The molecule has 0 saturated heterocycles. The summed E-state index contributed by atoms with van der Waals surface area (Å²) >= 11 is 0. The maximum atomic E-state index is 12.2. The molecule has 3 atom stereocenters. The fraction of sp³-hybridized carbons (Fsp3) is 1.00. The van der Waals surface area contributed by atoms with Gasteiger partial charge in [-0.05, 0) is 32.1 Å². The summed E-state index contributed by atoms with van der Waals surface area (Å²) in [6, 6.07) is -0.179. The molecule has 0 radical (unpaired) electrons. The monoisotopic (exact) mass is 251 g/mol. The van der Waals surface area contributed by atoms with Crippen LogP contribution in [0, 0.1) is 5.92 Å². The van der Waals surface area contributed by atoms with E-state index in [0.29, 0.717) is 0 Å². The first-order chi connectivity index (χ1) is 7.90. The molecule has 1 nitrogen and oxygen atoms in total. The third kappa shape index (κ3) is 6.29. The molecule has 0 bridgehead atoms. The Morgan fingerprint density at radius 3 is 2.47 bits per heavy atom. The summed E-state index contributed by atoms with van der Waals surface area (Å²) < 4.78 is 36.7. The van der Waals surface area contributed by atoms with Crippen molar-refractivity contribution in [2.75, 3.05) is 0 Å². The van der Waals surface area contributed by atoms with E-state index >= 15 is 0 Å². The van der Waals surface area contributed by atoms with Crippen LogP contribution in [0.3, 0.4) is 0 Å². The van der Waals surface area contributed by atoms with Crippen LogP contribution < -0.4 is 5.32 Å². The van der Waals surface area contributed by atoms with Crippen LogP contribution >= 0.6 is 0 Å². The van der Waals surface area contributed by atoms with Crippen LogP contribution in [0.5, 0.6) is 0 Å². The second-order valence-electron chi connectivity index (χ2n) is 5.37. The zero-order valence-electron chi connectivity index (χ0n) is 10.8. The highest BCUT2D eigenvalue weighted by Crippen LogP contribution is 2.27. The third-order valence-electron chi connectivity index (χ3n) is 3.72. The van der Waals surface area contributed by atoms with Gasteiger partial charge in [0.25, 0.3) is 0 Å². The molecule has 17 heavy (non-hydrogen) atoms. The zero-order valence-corrected chi connectivity index (χ0v) is 10.8.